The first-order valence-electron chi connectivity index (χ1n) is 9.36. The van der Waals surface area contributed by atoms with Crippen molar-refractivity contribution >= 4 is 5.97 Å². The smallest absolute Gasteiger partial charge is 0.475 e. The minimum absolute atomic E-state index is 0.0142. The van der Waals surface area contributed by atoms with E-state index in [4.69, 9.17) is 15.6 Å². The van der Waals surface area contributed by atoms with Gasteiger partial charge in [0.2, 0.25) is 0 Å². The quantitative estimate of drug-likeness (QED) is 0.706. The summed E-state index contributed by atoms with van der Waals surface area (Å²) in [4.78, 5) is 8.90. The van der Waals surface area contributed by atoms with Crippen LogP contribution in [0.5, 0.6) is 0 Å². The molecule has 0 radical (unpaired) electrons. The molecule has 30 heavy (non-hydrogen) atoms. The van der Waals surface area contributed by atoms with E-state index < -0.39 is 23.5 Å². The Labute approximate surface area is 168 Å². The van der Waals surface area contributed by atoms with Crippen LogP contribution in [0.25, 0.3) is 11.3 Å². The van der Waals surface area contributed by atoms with Crippen LogP contribution in [0.3, 0.4) is 0 Å². The van der Waals surface area contributed by atoms with Gasteiger partial charge in [0.1, 0.15) is 5.69 Å². The molecule has 2 aliphatic rings. The summed E-state index contributed by atoms with van der Waals surface area (Å²) >= 11 is 0. The number of aliphatic carboxylic acids is 1. The van der Waals surface area contributed by atoms with Gasteiger partial charge in [-0.05, 0) is 43.4 Å². The largest absolute Gasteiger partial charge is 0.490 e. The van der Waals surface area contributed by atoms with Crippen molar-refractivity contribution in [1.82, 2.24) is 15.0 Å². The molecule has 0 bridgehead atoms. The van der Waals surface area contributed by atoms with Crippen LogP contribution in [0.4, 0.5) is 22.0 Å². The van der Waals surface area contributed by atoms with Gasteiger partial charge in [-0.25, -0.2) is 13.6 Å². The molecule has 1 heterocycles. The molecule has 2 aromatic rings. The second kappa shape index (κ2) is 7.93. The Morgan fingerprint density at radius 2 is 2.03 bits per heavy atom. The number of hydrogen-bond donors (Lipinski definition) is 2. The molecule has 4 rings (SSSR count). The van der Waals surface area contributed by atoms with Crippen LogP contribution < -0.4 is 5.73 Å². The van der Waals surface area contributed by atoms with Crippen molar-refractivity contribution in [3.8, 4) is 11.3 Å². The molecule has 11 heteroatoms. The summed E-state index contributed by atoms with van der Waals surface area (Å²) in [6.45, 7) is 0.856. The Morgan fingerprint density at radius 3 is 2.57 bits per heavy atom. The first-order chi connectivity index (χ1) is 14.0. The van der Waals surface area contributed by atoms with Gasteiger partial charge in [-0.3, -0.25) is 4.68 Å². The Kier molecular flexibility index (Phi) is 5.85. The minimum atomic E-state index is -5.08. The number of fused-ring (bicyclic) bond motifs is 1. The van der Waals surface area contributed by atoms with E-state index in [0.717, 1.165) is 23.2 Å². The number of nitrogens with zero attached hydrogens (tertiary/aromatic N) is 3. The zero-order valence-corrected chi connectivity index (χ0v) is 15.9. The summed E-state index contributed by atoms with van der Waals surface area (Å²) in [6, 6.07) is 7.97. The highest BCUT2D eigenvalue weighted by Gasteiger charge is 2.73. The number of aromatic nitrogens is 3. The lowest BCUT2D eigenvalue weighted by Crippen LogP contribution is -2.31. The van der Waals surface area contributed by atoms with E-state index in [1.54, 1.807) is 10.9 Å². The van der Waals surface area contributed by atoms with E-state index in [9.17, 15) is 22.0 Å². The van der Waals surface area contributed by atoms with E-state index in [1.807, 2.05) is 24.3 Å². The molecule has 0 aliphatic heterocycles. The van der Waals surface area contributed by atoms with Gasteiger partial charge in [-0.1, -0.05) is 23.4 Å². The average Bonchev–Trinajstić information content (AvgIpc) is 3.07. The lowest BCUT2D eigenvalue weighted by molar-refractivity contribution is -0.192. The minimum Gasteiger partial charge on any atom is -0.475 e. The molecular weight excluding hydrogens is 411 g/mol. The van der Waals surface area contributed by atoms with Crippen molar-refractivity contribution in [1.29, 1.82) is 0 Å². The van der Waals surface area contributed by atoms with Gasteiger partial charge in [0, 0.05) is 12.0 Å². The Balaban J connectivity index is 0.000000318. The van der Waals surface area contributed by atoms with E-state index in [2.05, 4.69) is 10.3 Å². The van der Waals surface area contributed by atoms with E-state index >= 15 is 0 Å². The molecule has 1 aromatic carbocycles. The fourth-order valence-corrected chi connectivity index (χ4v) is 3.97. The van der Waals surface area contributed by atoms with Gasteiger partial charge in [-0.2, -0.15) is 13.2 Å². The molecular formula is C19H21F5N4O2. The summed E-state index contributed by atoms with van der Waals surface area (Å²) in [5.41, 5.74) is 7.52. The Morgan fingerprint density at radius 1 is 1.33 bits per heavy atom. The average molecular weight is 432 g/mol. The molecule has 2 aliphatic carbocycles. The van der Waals surface area contributed by atoms with Crippen LogP contribution in [0.15, 0.2) is 30.5 Å². The SMILES string of the molecule is NCCc1cccc(-c2cn(C[C@]34C[C@H]3CCC4(F)F)nn2)c1.O=C(O)C(F)(F)F. The second-order valence-corrected chi connectivity index (χ2v) is 7.64. The lowest BCUT2D eigenvalue weighted by Gasteiger charge is -2.22. The van der Waals surface area contributed by atoms with Crippen molar-refractivity contribution < 1.29 is 31.9 Å². The number of benzene rings is 1. The van der Waals surface area contributed by atoms with E-state index in [-0.39, 0.29) is 18.9 Å². The summed E-state index contributed by atoms with van der Waals surface area (Å²) in [6.07, 6.45) is -1.24. The maximum absolute atomic E-state index is 14.1. The molecule has 0 saturated heterocycles. The van der Waals surface area contributed by atoms with Crippen molar-refractivity contribution in [2.75, 3.05) is 6.54 Å². The zero-order chi connectivity index (χ0) is 22.2. The van der Waals surface area contributed by atoms with Crippen molar-refractivity contribution in [3.63, 3.8) is 0 Å². The fourth-order valence-electron chi connectivity index (χ4n) is 3.97. The molecule has 1 aromatic heterocycles. The fraction of sp³-hybridized carbons (Fsp3) is 0.526. The summed E-state index contributed by atoms with van der Waals surface area (Å²) in [7, 11) is 0. The third kappa shape index (κ3) is 4.45. The monoisotopic (exact) mass is 432 g/mol. The van der Waals surface area contributed by atoms with Crippen molar-refractivity contribution in [2.45, 2.75) is 44.3 Å². The topological polar surface area (TPSA) is 94.0 Å². The van der Waals surface area contributed by atoms with Crippen LogP contribution in [0.2, 0.25) is 0 Å². The van der Waals surface area contributed by atoms with Gasteiger partial charge in [0.15, 0.2) is 0 Å². The van der Waals surface area contributed by atoms with Crippen LogP contribution >= 0.6 is 0 Å². The number of carboxylic acids is 1. The highest BCUT2D eigenvalue weighted by atomic mass is 19.4. The first kappa shape index (κ1) is 22.1. The highest BCUT2D eigenvalue weighted by molar-refractivity contribution is 5.73. The highest BCUT2D eigenvalue weighted by Crippen LogP contribution is 2.71. The lowest BCUT2D eigenvalue weighted by atomic mass is 9.99. The van der Waals surface area contributed by atoms with Crippen LogP contribution in [-0.2, 0) is 17.8 Å². The standard InChI is InChI=1S/C17H20F2N4.C2HF3O2/c18-17(19)6-4-14-9-16(14,17)11-23-10-15(21-22-23)13-3-1-2-12(8-13)5-7-20;3-2(4,5)1(6)7/h1-3,8,10,14H,4-7,9,11,20H2;(H,6,7)/t14-,16-;/m1./s1. The number of carbonyl (C=O) groups is 1. The first-order valence-corrected chi connectivity index (χ1v) is 9.36. The number of halogens is 5. The number of alkyl halides is 5. The molecule has 164 valence electrons. The zero-order valence-electron chi connectivity index (χ0n) is 15.9. The van der Waals surface area contributed by atoms with Gasteiger partial charge in [0.05, 0.1) is 18.2 Å². The summed E-state index contributed by atoms with van der Waals surface area (Å²) in [5, 5.41) is 15.4. The van der Waals surface area contributed by atoms with E-state index in [0.29, 0.717) is 19.4 Å². The molecule has 0 spiro atoms. The molecule has 2 atom stereocenters. The van der Waals surface area contributed by atoms with Crippen LogP contribution in [-0.4, -0.2) is 44.7 Å². The molecule has 3 N–H and O–H groups in total. The van der Waals surface area contributed by atoms with Crippen molar-refractivity contribution in [2.24, 2.45) is 17.1 Å². The Bertz CT molecular complexity index is 914. The Hall–Kier alpha value is -2.56. The molecule has 6 nitrogen and oxygen atoms in total. The number of hydrogen-bond acceptors (Lipinski definition) is 4. The maximum Gasteiger partial charge on any atom is 0.490 e. The van der Waals surface area contributed by atoms with Gasteiger partial charge in [0.25, 0.3) is 5.92 Å². The molecule has 2 saturated carbocycles. The number of nitrogens with two attached hydrogens (primary N) is 1. The predicted octanol–water partition coefficient (Wildman–Crippen LogP) is 3.52. The summed E-state index contributed by atoms with van der Waals surface area (Å²) < 4.78 is 61.6. The van der Waals surface area contributed by atoms with Gasteiger partial charge >= 0.3 is 12.1 Å². The second-order valence-electron chi connectivity index (χ2n) is 7.64. The van der Waals surface area contributed by atoms with Crippen molar-refractivity contribution in [3.05, 3.63) is 36.0 Å². The van der Waals surface area contributed by atoms with Gasteiger partial charge in [-0.15, -0.1) is 5.10 Å². The molecule has 0 amide bonds. The maximum atomic E-state index is 14.1. The number of carboxylic acid groups (broad SMARTS) is 1. The van der Waals surface area contributed by atoms with E-state index in [1.165, 1.54) is 0 Å². The third-order valence-corrected chi connectivity index (χ3v) is 5.65. The van der Waals surface area contributed by atoms with Gasteiger partial charge < -0.3 is 10.8 Å². The normalized spacial score (nSPS) is 24.0. The molecule has 0 unspecified atom stereocenters. The number of rotatable bonds is 5. The molecule has 2 fully saturated rings. The van der Waals surface area contributed by atoms with Crippen LogP contribution in [0.1, 0.15) is 24.8 Å². The third-order valence-electron chi connectivity index (χ3n) is 5.65. The van der Waals surface area contributed by atoms with Crippen LogP contribution in [0, 0.1) is 11.3 Å². The summed E-state index contributed by atoms with van der Waals surface area (Å²) in [5.74, 6) is -5.17. The predicted molar refractivity (Wildman–Crippen MR) is 96.6 cm³/mol.